The van der Waals surface area contributed by atoms with Gasteiger partial charge in [-0.15, -0.1) is 0 Å². The summed E-state index contributed by atoms with van der Waals surface area (Å²) < 4.78 is 0. The summed E-state index contributed by atoms with van der Waals surface area (Å²) in [6.07, 6.45) is 3.44. The highest BCUT2D eigenvalue weighted by Gasteiger charge is 2.10. The lowest BCUT2D eigenvalue weighted by atomic mass is 10.2. The lowest BCUT2D eigenvalue weighted by Gasteiger charge is -2.11. The van der Waals surface area contributed by atoms with Crippen molar-refractivity contribution < 1.29 is 0 Å². The standard InChI is InChI=1S/C19H12Cl2N4/c20-13-9-14(21)11-15(10-13)23-19-16-3-1-2-4-17(16)24-18(25-19)12-5-7-22-8-6-12/h1-11H,(H,23,24,25). The topological polar surface area (TPSA) is 50.7 Å². The highest BCUT2D eigenvalue weighted by molar-refractivity contribution is 6.35. The van der Waals surface area contributed by atoms with Crippen LogP contribution >= 0.6 is 23.2 Å². The number of hydrogen-bond acceptors (Lipinski definition) is 4. The van der Waals surface area contributed by atoms with Crippen LogP contribution in [0.1, 0.15) is 0 Å². The molecular weight excluding hydrogens is 355 g/mol. The van der Waals surface area contributed by atoms with Gasteiger partial charge in [0.15, 0.2) is 5.82 Å². The van der Waals surface area contributed by atoms with E-state index in [2.05, 4.69) is 20.3 Å². The Hall–Kier alpha value is -2.69. The number of nitrogens with zero attached hydrogens (tertiary/aromatic N) is 3. The van der Waals surface area contributed by atoms with E-state index >= 15 is 0 Å². The van der Waals surface area contributed by atoms with E-state index in [4.69, 9.17) is 23.2 Å². The summed E-state index contributed by atoms with van der Waals surface area (Å²) in [5, 5.41) is 5.33. The van der Waals surface area contributed by atoms with E-state index in [9.17, 15) is 0 Å². The number of nitrogens with one attached hydrogen (secondary N) is 1. The smallest absolute Gasteiger partial charge is 0.162 e. The number of anilines is 2. The summed E-state index contributed by atoms with van der Waals surface area (Å²) in [5.41, 5.74) is 2.51. The zero-order chi connectivity index (χ0) is 17.2. The molecule has 2 heterocycles. The van der Waals surface area contributed by atoms with Gasteiger partial charge in [-0.3, -0.25) is 4.98 Å². The van der Waals surface area contributed by atoms with Crippen molar-refractivity contribution in [3.05, 3.63) is 77.0 Å². The van der Waals surface area contributed by atoms with E-state index in [1.807, 2.05) is 36.4 Å². The fourth-order valence-corrected chi connectivity index (χ4v) is 3.09. The molecule has 0 amide bonds. The van der Waals surface area contributed by atoms with Crippen LogP contribution in [-0.4, -0.2) is 15.0 Å². The first-order valence-corrected chi connectivity index (χ1v) is 8.35. The molecule has 0 spiro atoms. The molecule has 0 saturated heterocycles. The third-order valence-electron chi connectivity index (χ3n) is 3.67. The predicted molar refractivity (Wildman–Crippen MR) is 103 cm³/mol. The van der Waals surface area contributed by atoms with Crippen molar-refractivity contribution in [2.75, 3.05) is 5.32 Å². The van der Waals surface area contributed by atoms with Gasteiger partial charge < -0.3 is 5.32 Å². The Balaban J connectivity index is 1.86. The van der Waals surface area contributed by atoms with Gasteiger partial charge in [0.1, 0.15) is 5.82 Å². The summed E-state index contributed by atoms with van der Waals surface area (Å²) >= 11 is 12.2. The second-order valence-corrected chi connectivity index (χ2v) is 6.30. The van der Waals surface area contributed by atoms with E-state index in [-0.39, 0.29) is 0 Å². The van der Waals surface area contributed by atoms with Crippen LogP contribution in [0.5, 0.6) is 0 Å². The number of benzene rings is 2. The molecule has 0 aliphatic carbocycles. The number of fused-ring (bicyclic) bond motifs is 1. The lowest BCUT2D eigenvalue weighted by molar-refractivity contribution is 1.21. The predicted octanol–water partition coefficient (Wildman–Crippen LogP) is 5.74. The Labute approximate surface area is 154 Å². The normalized spacial score (nSPS) is 10.8. The molecule has 4 rings (SSSR count). The van der Waals surface area contributed by atoms with Crippen LogP contribution in [0.15, 0.2) is 67.0 Å². The van der Waals surface area contributed by atoms with E-state index in [0.717, 1.165) is 22.2 Å². The molecule has 0 aliphatic heterocycles. The Bertz CT molecular complexity index is 1030. The average Bonchev–Trinajstić information content (AvgIpc) is 2.61. The SMILES string of the molecule is Clc1cc(Cl)cc(Nc2nc(-c3ccncc3)nc3ccccc23)c1. The summed E-state index contributed by atoms with van der Waals surface area (Å²) in [7, 11) is 0. The fraction of sp³-hybridized carbons (Fsp3) is 0. The second-order valence-electron chi connectivity index (χ2n) is 5.43. The molecule has 0 unspecified atom stereocenters. The van der Waals surface area contributed by atoms with Gasteiger partial charge in [0.05, 0.1) is 5.52 Å². The number of halogens is 2. The summed E-state index contributed by atoms with van der Waals surface area (Å²) in [6.45, 7) is 0. The zero-order valence-corrected chi connectivity index (χ0v) is 14.5. The van der Waals surface area contributed by atoms with E-state index in [1.165, 1.54) is 0 Å². The van der Waals surface area contributed by atoms with Crippen molar-refractivity contribution in [1.82, 2.24) is 15.0 Å². The van der Waals surface area contributed by atoms with E-state index < -0.39 is 0 Å². The van der Waals surface area contributed by atoms with Crippen LogP contribution in [0.4, 0.5) is 11.5 Å². The van der Waals surface area contributed by atoms with Gasteiger partial charge in [0.25, 0.3) is 0 Å². The Kier molecular flexibility index (Phi) is 4.22. The van der Waals surface area contributed by atoms with Gasteiger partial charge in [0, 0.05) is 39.1 Å². The lowest BCUT2D eigenvalue weighted by Crippen LogP contribution is -1.99. The van der Waals surface area contributed by atoms with Crippen LogP contribution in [0.3, 0.4) is 0 Å². The van der Waals surface area contributed by atoms with Crippen molar-refractivity contribution in [2.24, 2.45) is 0 Å². The molecule has 4 aromatic rings. The van der Waals surface area contributed by atoms with Crippen molar-refractivity contribution in [3.63, 3.8) is 0 Å². The quantitative estimate of drug-likeness (QED) is 0.502. The van der Waals surface area contributed by atoms with E-state index in [0.29, 0.717) is 21.7 Å². The number of pyridine rings is 1. The van der Waals surface area contributed by atoms with E-state index in [1.54, 1.807) is 30.6 Å². The van der Waals surface area contributed by atoms with Crippen LogP contribution in [0.25, 0.3) is 22.3 Å². The fourth-order valence-electron chi connectivity index (χ4n) is 2.56. The van der Waals surface area contributed by atoms with Crippen molar-refractivity contribution in [2.45, 2.75) is 0 Å². The third kappa shape index (κ3) is 3.40. The minimum Gasteiger partial charge on any atom is -0.340 e. The maximum atomic E-state index is 6.10. The number of rotatable bonds is 3. The number of aromatic nitrogens is 3. The van der Waals surface area contributed by atoms with Crippen LogP contribution in [0, 0.1) is 0 Å². The molecule has 122 valence electrons. The highest BCUT2D eigenvalue weighted by atomic mass is 35.5. The highest BCUT2D eigenvalue weighted by Crippen LogP contribution is 2.29. The molecule has 2 aromatic heterocycles. The van der Waals surface area contributed by atoms with Crippen LogP contribution in [-0.2, 0) is 0 Å². The minimum absolute atomic E-state index is 0.558. The maximum Gasteiger partial charge on any atom is 0.162 e. The summed E-state index contributed by atoms with van der Waals surface area (Å²) in [6, 6.07) is 16.9. The molecule has 25 heavy (non-hydrogen) atoms. The van der Waals surface area contributed by atoms with Crippen molar-refractivity contribution >= 4 is 45.6 Å². The number of para-hydroxylation sites is 1. The monoisotopic (exact) mass is 366 g/mol. The molecule has 0 aliphatic rings. The molecule has 0 atom stereocenters. The first-order chi connectivity index (χ1) is 12.2. The van der Waals surface area contributed by atoms with Gasteiger partial charge in [0.2, 0.25) is 0 Å². The van der Waals surface area contributed by atoms with Gasteiger partial charge in [-0.05, 0) is 42.5 Å². The van der Waals surface area contributed by atoms with Crippen LogP contribution in [0.2, 0.25) is 10.0 Å². The molecule has 0 saturated carbocycles. The zero-order valence-electron chi connectivity index (χ0n) is 12.9. The molecule has 1 N–H and O–H groups in total. The molecular formula is C19H12Cl2N4. The van der Waals surface area contributed by atoms with Crippen molar-refractivity contribution in [1.29, 1.82) is 0 Å². The molecule has 4 nitrogen and oxygen atoms in total. The van der Waals surface area contributed by atoms with Gasteiger partial charge in [-0.25, -0.2) is 9.97 Å². The Morgan fingerprint density at radius 2 is 1.52 bits per heavy atom. The molecule has 0 fully saturated rings. The van der Waals surface area contributed by atoms with Gasteiger partial charge >= 0.3 is 0 Å². The molecule has 6 heteroatoms. The van der Waals surface area contributed by atoms with Gasteiger partial charge in [-0.2, -0.15) is 0 Å². The maximum absolute atomic E-state index is 6.10. The van der Waals surface area contributed by atoms with Gasteiger partial charge in [-0.1, -0.05) is 35.3 Å². The average molecular weight is 367 g/mol. The first-order valence-electron chi connectivity index (χ1n) is 7.59. The molecule has 0 radical (unpaired) electrons. The summed E-state index contributed by atoms with van der Waals surface area (Å²) in [5.74, 6) is 1.31. The number of hydrogen-bond donors (Lipinski definition) is 1. The Morgan fingerprint density at radius 3 is 2.28 bits per heavy atom. The Morgan fingerprint density at radius 1 is 0.800 bits per heavy atom. The second kappa shape index (κ2) is 6.67. The van der Waals surface area contributed by atoms with Crippen molar-refractivity contribution in [3.8, 4) is 11.4 Å². The molecule has 0 bridgehead atoms. The third-order valence-corrected chi connectivity index (χ3v) is 4.10. The minimum atomic E-state index is 0.558. The largest absolute Gasteiger partial charge is 0.340 e. The summed E-state index contributed by atoms with van der Waals surface area (Å²) in [4.78, 5) is 13.4. The van der Waals surface area contributed by atoms with Crippen LogP contribution < -0.4 is 5.32 Å². The first kappa shape index (κ1) is 15.8. The molecule has 2 aromatic carbocycles.